The van der Waals surface area contributed by atoms with Crippen LogP contribution in [0.2, 0.25) is 5.28 Å². The Balaban J connectivity index is 2.53. The molecule has 1 aliphatic carbocycles. The van der Waals surface area contributed by atoms with E-state index in [0.29, 0.717) is 5.28 Å². The third-order valence-corrected chi connectivity index (χ3v) is 2.60. The molecule has 2 nitrogen and oxygen atoms in total. The SMILES string of the molecule is Clc1ncc2c(n1)C=C(Br)CC2. The minimum atomic E-state index is 0.312. The molecule has 1 aromatic heterocycles. The number of fused-ring (bicyclic) bond motifs is 1. The van der Waals surface area contributed by atoms with Gasteiger partial charge in [-0.3, -0.25) is 0 Å². The van der Waals surface area contributed by atoms with Crippen molar-refractivity contribution in [1.29, 1.82) is 0 Å². The zero-order chi connectivity index (χ0) is 8.55. The molecule has 2 rings (SSSR count). The second-order valence-corrected chi connectivity index (χ2v) is 4.00. The van der Waals surface area contributed by atoms with Gasteiger partial charge in [-0.05, 0) is 40.6 Å². The predicted molar refractivity (Wildman–Crippen MR) is 52.3 cm³/mol. The van der Waals surface area contributed by atoms with Crippen LogP contribution in [0.25, 0.3) is 6.08 Å². The van der Waals surface area contributed by atoms with Gasteiger partial charge < -0.3 is 0 Å². The lowest BCUT2D eigenvalue weighted by Crippen LogP contribution is -2.00. The molecule has 0 amide bonds. The molecule has 1 heterocycles. The molecule has 0 fully saturated rings. The molecule has 0 atom stereocenters. The molecular weight excluding hydrogens is 239 g/mol. The van der Waals surface area contributed by atoms with E-state index in [1.807, 2.05) is 6.08 Å². The summed E-state index contributed by atoms with van der Waals surface area (Å²) in [6.07, 6.45) is 5.80. The fourth-order valence-corrected chi connectivity index (χ4v) is 1.74. The van der Waals surface area contributed by atoms with Gasteiger partial charge in [0, 0.05) is 6.20 Å². The number of hydrogen-bond acceptors (Lipinski definition) is 2. The van der Waals surface area contributed by atoms with Crippen LogP contribution in [0, 0.1) is 0 Å². The van der Waals surface area contributed by atoms with Crippen LogP contribution in [0.5, 0.6) is 0 Å². The number of allylic oxidation sites excluding steroid dienone is 1. The third kappa shape index (κ3) is 1.52. The van der Waals surface area contributed by atoms with Crippen molar-refractivity contribution in [2.45, 2.75) is 12.8 Å². The molecule has 0 radical (unpaired) electrons. The average molecular weight is 246 g/mol. The van der Waals surface area contributed by atoms with Gasteiger partial charge in [0.05, 0.1) is 5.69 Å². The number of rotatable bonds is 0. The molecule has 1 aromatic rings. The van der Waals surface area contributed by atoms with Gasteiger partial charge in [-0.1, -0.05) is 15.9 Å². The number of aromatic nitrogens is 2. The fraction of sp³-hybridized carbons (Fsp3) is 0.250. The number of halogens is 2. The smallest absolute Gasteiger partial charge is 0.222 e. The van der Waals surface area contributed by atoms with Crippen molar-refractivity contribution in [3.63, 3.8) is 0 Å². The summed E-state index contributed by atoms with van der Waals surface area (Å²) in [7, 11) is 0. The van der Waals surface area contributed by atoms with E-state index in [2.05, 4.69) is 25.9 Å². The molecule has 0 spiro atoms. The van der Waals surface area contributed by atoms with Gasteiger partial charge >= 0.3 is 0 Å². The van der Waals surface area contributed by atoms with Crippen LogP contribution < -0.4 is 0 Å². The van der Waals surface area contributed by atoms with Crippen molar-refractivity contribution < 1.29 is 0 Å². The zero-order valence-electron chi connectivity index (χ0n) is 6.22. The quantitative estimate of drug-likeness (QED) is 0.657. The largest absolute Gasteiger partial charge is 0.226 e. The predicted octanol–water partition coefficient (Wildman–Crippen LogP) is 2.81. The molecule has 0 saturated carbocycles. The molecule has 1 aliphatic rings. The summed E-state index contributed by atoms with van der Waals surface area (Å²) in [4.78, 5) is 8.04. The van der Waals surface area contributed by atoms with Gasteiger partial charge in [0.1, 0.15) is 0 Å². The van der Waals surface area contributed by atoms with Crippen molar-refractivity contribution in [3.8, 4) is 0 Å². The summed E-state index contributed by atoms with van der Waals surface area (Å²) in [6, 6.07) is 0. The molecular formula is C8H6BrClN2. The van der Waals surface area contributed by atoms with E-state index in [1.165, 1.54) is 10.0 Å². The monoisotopic (exact) mass is 244 g/mol. The Morgan fingerprint density at radius 1 is 1.42 bits per heavy atom. The van der Waals surface area contributed by atoms with E-state index >= 15 is 0 Å². The van der Waals surface area contributed by atoms with E-state index in [-0.39, 0.29) is 0 Å². The van der Waals surface area contributed by atoms with E-state index < -0.39 is 0 Å². The lowest BCUT2D eigenvalue weighted by molar-refractivity contribution is 0.933. The highest BCUT2D eigenvalue weighted by Crippen LogP contribution is 2.25. The van der Waals surface area contributed by atoms with Crippen molar-refractivity contribution in [2.75, 3.05) is 0 Å². The Kier molecular flexibility index (Phi) is 2.15. The van der Waals surface area contributed by atoms with Crippen LogP contribution in [0.4, 0.5) is 0 Å². The first kappa shape index (κ1) is 8.20. The van der Waals surface area contributed by atoms with Gasteiger partial charge in [0.25, 0.3) is 0 Å². The van der Waals surface area contributed by atoms with E-state index in [9.17, 15) is 0 Å². The summed E-state index contributed by atoms with van der Waals surface area (Å²) in [6.45, 7) is 0. The van der Waals surface area contributed by atoms with E-state index in [0.717, 1.165) is 18.5 Å². The first-order valence-electron chi connectivity index (χ1n) is 3.63. The Labute approximate surface area is 83.8 Å². The van der Waals surface area contributed by atoms with Crippen molar-refractivity contribution in [3.05, 3.63) is 27.2 Å². The molecule has 0 aromatic carbocycles. The van der Waals surface area contributed by atoms with Gasteiger partial charge in [-0.25, -0.2) is 9.97 Å². The highest BCUT2D eigenvalue weighted by molar-refractivity contribution is 9.11. The third-order valence-electron chi connectivity index (χ3n) is 1.80. The van der Waals surface area contributed by atoms with Crippen molar-refractivity contribution in [2.24, 2.45) is 0 Å². The Morgan fingerprint density at radius 2 is 2.25 bits per heavy atom. The summed E-state index contributed by atoms with van der Waals surface area (Å²) in [5.74, 6) is 0. The highest BCUT2D eigenvalue weighted by atomic mass is 79.9. The maximum absolute atomic E-state index is 5.66. The van der Waals surface area contributed by atoms with Crippen molar-refractivity contribution >= 4 is 33.6 Å². The standard InChI is InChI=1S/C8H6BrClN2/c9-6-2-1-5-4-11-8(10)12-7(5)3-6/h3-4H,1-2H2. The molecule has 0 bridgehead atoms. The Hall–Kier alpha value is -0.410. The van der Waals surface area contributed by atoms with Crippen LogP contribution in [0.1, 0.15) is 17.7 Å². The Morgan fingerprint density at radius 3 is 3.08 bits per heavy atom. The number of nitrogens with zero attached hydrogens (tertiary/aromatic N) is 2. The zero-order valence-corrected chi connectivity index (χ0v) is 8.56. The van der Waals surface area contributed by atoms with Gasteiger partial charge in [0.2, 0.25) is 5.28 Å². The maximum Gasteiger partial charge on any atom is 0.222 e. The summed E-state index contributed by atoms with van der Waals surface area (Å²) in [5, 5.41) is 0.312. The van der Waals surface area contributed by atoms with E-state index in [4.69, 9.17) is 11.6 Å². The lowest BCUT2D eigenvalue weighted by atomic mass is 10.0. The van der Waals surface area contributed by atoms with Crippen LogP contribution >= 0.6 is 27.5 Å². The lowest BCUT2D eigenvalue weighted by Gasteiger charge is -2.10. The van der Waals surface area contributed by atoms with E-state index in [1.54, 1.807) is 6.20 Å². The van der Waals surface area contributed by atoms with Gasteiger partial charge in [-0.15, -0.1) is 0 Å². The summed E-state index contributed by atoms with van der Waals surface area (Å²) in [5.41, 5.74) is 2.11. The molecule has 0 aliphatic heterocycles. The molecule has 0 unspecified atom stereocenters. The molecule has 0 saturated heterocycles. The van der Waals surface area contributed by atoms with Crippen LogP contribution in [-0.2, 0) is 6.42 Å². The first-order valence-corrected chi connectivity index (χ1v) is 4.80. The number of aryl methyl sites for hydroxylation is 1. The minimum Gasteiger partial charge on any atom is -0.226 e. The van der Waals surface area contributed by atoms with Crippen LogP contribution in [0.15, 0.2) is 10.7 Å². The molecule has 62 valence electrons. The normalized spacial score (nSPS) is 15.3. The second kappa shape index (κ2) is 3.15. The maximum atomic E-state index is 5.66. The molecule has 12 heavy (non-hydrogen) atoms. The molecule has 0 N–H and O–H groups in total. The van der Waals surface area contributed by atoms with Gasteiger partial charge in [0.15, 0.2) is 0 Å². The number of hydrogen-bond donors (Lipinski definition) is 0. The topological polar surface area (TPSA) is 25.8 Å². The van der Waals surface area contributed by atoms with Crippen LogP contribution in [0.3, 0.4) is 0 Å². The second-order valence-electron chi connectivity index (χ2n) is 2.64. The highest BCUT2D eigenvalue weighted by Gasteiger charge is 2.10. The first-order chi connectivity index (χ1) is 5.75. The van der Waals surface area contributed by atoms with Crippen molar-refractivity contribution in [1.82, 2.24) is 9.97 Å². The average Bonchev–Trinajstić information content (AvgIpc) is 2.03. The minimum absolute atomic E-state index is 0.312. The summed E-state index contributed by atoms with van der Waals surface area (Å²) < 4.78 is 1.17. The summed E-state index contributed by atoms with van der Waals surface area (Å²) >= 11 is 9.10. The Bertz CT molecular complexity index is 349. The molecule has 4 heteroatoms. The van der Waals surface area contributed by atoms with Crippen LogP contribution in [-0.4, -0.2) is 9.97 Å². The van der Waals surface area contributed by atoms with Gasteiger partial charge in [-0.2, -0.15) is 0 Å². The fourth-order valence-electron chi connectivity index (χ4n) is 1.19.